The molecule has 2 heteroatoms. The number of anilines is 3. The van der Waals surface area contributed by atoms with Crippen LogP contribution < -0.4 is 4.90 Å². The molecule has 0 aliphatic heterocycles. The minimum absolute atomic E-state index is 0.574. The van der Waals surface area contributed by atoms with E-state index < -0.39 is 0 Å². The van der Waals surface area contributed by atoms with Crippen LogP contribution >= 0.6 is 0 Å². The molecular weight excluding hydrogens is 797 g/mol. The second kappa shape index (κ2) is 17.2. The van der Waals surface area contributed by atoms with Gasteiger partial charge in [0.15, 0.2) is 0 Å². The molecule has 66 heavy (non-hydrogen) atoms. The molecule has 11 aromatic rings. The summed E-state index contributed by atoms with van der Waals surface area (Å²) in [5, 5.41) is 5.22. The number of benzene rings is 10. The summed E-state index contributed by atoms with van der Waals surface area (Å²) in [6.45, 7) is 0. The van der Waals surface area contributed by atoms with Gasteiger partial charge in [-0.1, -0.05) is 207 Å². The summed E-state index contributed by atoms with van der Waals surface area (Å²) in [4.78, 5) is 2.50. The summed E-state index contributed by atoms with van der Waals surface area (Å²) in [5.74, 6) is 0.574. The van der Waals surface area contributed by atoms with Gasteiger partial charge >= 0.3 is 0 Å². The molecular formula is C64H50N2. The fourth-order valence-electron chi connectivity index (χ4n) is 10.9. The third-order valence-corrected chi connectivity index (χ3v) is 14.0. The van der Waals surface area contributed by atoms with Crippen molar-refractivity contribution in [1.29, 1.82) is 0 Å². The van der Waals surface area contributed by atoms with Gasteiger partial charge in [0.2, 0.25) is 0 Å². The summed E-state index contributed by atoms with van der Waals surface area (Å²) in [7, 11) is 0. The zero-order chi connectivity index (χ0) is 43.8. The van der Waals surface area contributed by atoms with Crippen LogP contribution in [0.3, 0.4) is 0 Å². The molecule has 0 amide bonds. The van der Waals surface area contributed by atoms with Crippen LogP contribution in [-0.2, 0) is 0 Å². The second-order valence-electron chi connectivity index (χ2n) is 17.8. The third-order valence-electron chi connectivity index (χ3n) is 14.0. The van der Waals surface area contributed by atoms with Gasteiger partial charge in [0.25, 0.3) is 0 Å². The van der Waals surface area contributed by atoms with Crippen molar-refractivity contribution < 1.29 is 0 Å². The summed E-state index contributed by atoms with van der Waals surface area (Å²) in [6, 6.07) is 87.2. The molecule has 0 saturated heterocycles. The first-order valence-corrected chi connectivity index (χ1v) is 23.6. The predicted molar refractivity (Wildman–Crippen MR) is 281 cm³/mol. The molecule has 1 aliphatic carbocycles. The van der Waals surface area contributed by atoms with Gasteiger partial charge in [0, 0.05) is 33.3 Å². The Labute approximate surface area is 387 Å². The lowest BCUT2D eigenvalue weighted by molar-refractivity contribution is 0.445. The SMILES string of the molecule is c1ccc(-c2ccc(-c3ccccc3N(c3ccc(-c4cccc5c4c4ccccc4n5-c4ccccc4)cc3)c3ccccc3-c3cccc4cccc(C5CCCCC5)c34)cc2)cc1. The van der Waals surface area contributed by atoms with Crippen LogP contribution in [0, 0.1) is 0 Å². The highest BCUT2D eigenvalue weighted by atomic mass is 15.1. The average Bonchev–Trinajstić information content (AvgIpc) is 3.74. The monoisotopic (exact) mass is 846 g/mol. The molecule has 316 valence electrons. The van der Waals surface area contributed by atoms with Crippen molar-refractivity contribution in [2.75, 3.05) is 4.90 Å². The molecule has 0 unspecified atom stereocenters. The van der Waals surface area contributed by atoms with Crippen LogP contribution in [0.1, 0.15) is 43.6 Å². The molecule has 0 radical (unpaired) electrons. The predicted octanol–water partition coefficient (Wildman–Crippen LogP) is 18.1. The smallest absolute Gasteiger partial charge is 0.0547 e. The maximum Gasteiger partial charge on any atom is 0.0547 e. The van der Waals surface area contributed by atoms with Gasteiger partial charge in [-0.05, 0) is 117 Å². The molecule has 0 atom stereocenters. The average molecular weight is 847 g/mol. The van der Waals surface area contributed by atoms with Crippen LogP contribution in [-0.4, -0.2) is 4.57 Å². The maximum absolute atomic E-state index is 2.50. The molecule has 1 saturated carbocycles. The van der Waals surface area contributed by atoms with Gasteiger partial charge in [-0.2, -0.15) is 0 Å². The lowest BCUT2D eigenvalue weighted by atomic mass is 9.80. The normalized spacial score (nSPS) is 13.1. The van der Waals surface area contributed by atoms with E-state index in [1.54, 1.807) is 0 Å². The van der Waals surface area contributed by atoms with Gasteiger partial charge in [0.05, 0.1) is 22.4 Å². The van der Waals surface area contributed by atoms with Crippen molar-refractivity contribution in [2.24, 2.45) is 0 Å². The van der Waals surface area contributed by atoms with Gasteiger partial charge in [-0.3, -0.25) is 0 Å². The van der Waals surface area contributed by atoms with Gasteiger partial charge in [0.1, 0.15) is 0 Å². The molecule has 10 aromatic carbocycles. The van der Waals surface area contributed by atoms with E-state index in [9.17, 15) is 0 Å². The zero-order valence-electron chi connectivity index (χ0n) is 37.0. The Kier molecular flexibility index (Phi) is 10.3. The molecule has 1 aliphatic rings. The Hall–Kier alpha value is -7.94. The quantitative estimate of drug-likeness (QED) is 0.140. The van der Waals surface area contributed by atoms with E-state index in [1.165, 1.54) is 115 Å². The van der Waals surface area contributed by atoms with Crippen molar-refractivity contribution in [3.8, 4) is 50.2 Å². The highest BCUT2D eigenvalue weighted by molar-refractivity contribution is 6.16. The number of hydrogen-bond donors (Lipinski definition) is 0. The van der Waals surface area contributed by atoms with Gasteiger partial charge in [-0.15, -0.1) is 0 Å². The van der Waals surface area contributed by atoms with E-state index in [-0.39, 0.29) is 0 Å². The summed E-state index contributed by atoms with van der Waals surface area (Å²) >= 11 is 0. The zero-order valence-corrected chi connectivity index (χ0v) is 37.0. The fourth-order valence-corrected chi connectivity index (χ4v) is 10.9. The van der Waals surface area contributed by atoms with Crippen LogP contribution in [0.15, 0.2) is 237 Å². The lowest BCUT2D eigenvalue weighted by Gasteiger charge is -2.31. The van der Waals surface area contributed by atoms with Gasteiger partial charge < -0.3 is 9.47 Å². The maximum atomic E-state index is 2.50. The number of nitrogens with zero attached hydrogens (tertiary/aromatic N) is 2. The molecule has 2 nitrogen and oxygen atoms in total. The van der Waals surface area contributed by atoms with Crippen LogP contribution in [0.5, 0.6) is 0 Å². The van der Waals surface area contributed by atoms with E-state index in [0.717, 1.165) is 22.7 Å². The summed E-state index contributed by atoms with van der Waals surface area (Å²) in [6.07, 6.45) is 6.45. The Bertz CT molecular complexity index is 3480. The summed E-state index contributed by atoms with van der Waals surface area (Å²) in [5.41, 5.74) is 18.2. The molecule has 12 rings (SSSR count). The van der Waals surface area contributed by atoms with Crippen molar-refractivity contribution in [3.05, 3.63) is 242 Å². The largest absolute Gasteiger partial charge is 0.309 e. The van der Waals surface area contributed by atoms with Gasteiger partial charge in [-0.25, -0.2) is 0 Å². The molecule has 0 spiro atoms. The summed E-state index contributed by atoms with van der Waals surface area (Å²) < 4.78 is 2.40. The lowest BCUT2D eigenvalue weighted by Crippen LogP contribution is -2.12. The number of rotatable bonds is 9. The van der Waals surface area contributed by atoms with E-state index in [2.05, 4.69) is 246 Å². The van der Waals surface area contributed by atoms with Crippen LogP contribution in [0.2, 0.25) is 0 Å². The Morgan fingerprint density at radius 1 is 0.348 bits per heavy atom. The highest BCUT2D eigenvalue weighted by Crippen LogP contribution is 2.48. The number of aromatic nitrogens is 1. The standard InChI is InChI=1S/C64H50N2/c1-4-19-45(20-5-1)46-37-39-48(40-38-46)53-27-10-13-33-59(53)65(60-34-14-11-28-56(60)57-32-17-24-50-23-16-30-54(63(50)57)47-21-6-2-7-22-47)52-43-41-49(42-44-52)55-31-18-36-62-64(55)58-29-12-15-35-61(58)66(62)51-25-8-3-9-26-51/h1,3-5,8-20,23-44,47H,2,6-7,21-22H2. The number of hydrogen-bond acceptors (Lipinski definition) is 1. The van der Waals surface area contributed by atoms with E-state index in [0.29, 0.717) is 5.92 Å². The molecule has 1 fully saturated rings. The number of fused-ring (bicyclic) bond motifs is 4. The Morgan fingerprint density at radius 2 is 0.879 bits per heavy atom. The Morgan fingerprint density at radius 3 is 1.65 bits per heavy atom. The minimum atomic E-state index is 0.574. The minimum Gasteiger partial charge on any atom is -0.309 e. The first-order valence-electron chi connectivity index (χ1n) is 23.6. The Balaban J connectivity index is 1.04. The van der Waals surface area contributed by atoms with E-state index in [4.69, 9.17) is 0 Å². The molecule has 0 bridgehead atoms. The van der Waals surface area contributed by atoms with Crippen LogP contribution in [0.4, 0.5) is 17.1 Å². The highest BCUT2D eigenvalue weighted by Gasteiger charge is 2.24. The fraction of sp³-hybridized carbons (Fsp3) is 0.0938. The molecule has 1 aromatic heterocycles. The molecule has 1 heterocycles. The van der Waals surface area contributed by atoms with E-state index in [1.807, 2.05) is 0 Å². The topological polar surface area (TPSA) is 8.17 Å². The third kappa shape index (κ3) is 7.07. The van der Waals surface area contributed by atoms with Crippen molar-refractivity contribution >= 4 is 49.6 Å². The first-order chi connectivity index (χ1) is 32.8. The van der Waals surface area contributed by atoms with Crippen molar-refractivity contribution in [3.63, 3.8) is 0 Å². The van der Waals surface area contributed by atoms with E-state index >= 15 is 0 Å². The number of para-hydroxylation sites is 4. The van der Waals surface area contributed by atoms with Crippen molar-refractivity contribution in [1.82, 2.24) is 4.57 Å². The first kappa shape index (κ1) is 39.6. The van der Waals surface area contributed by atoms with Crippen LogP contribution in [0.25, 0.3) is 82.8 Å². The van der Waals surface area contributed by atoms with Crippen molar-refractivity contribution in [2.45, 2.75) is 38.0 Å². The second-order valence-corrected chi connectivity index (χ2v) is 17.8. The molecule has 0 N–H and O–H groups in total.